The fourth-order valence-electron chi connectivity index (χ4n) is 3.85. The van der Waals surface area contributed by atoms with E-state index in [4.69, 9.17) is 4.74 Å². The quantitative estimate of drug-likeness (QED) is 0.384. The van der Waals surface area contributed by atoms with E-state index in [9.17, 15) is 18.0 Å². The first-order chi connectivity index (χ1) is 17.1. The molecule has 0 aromatic heterocycles. The SMILES string of the molecule is CCCCNC(=O)C(CC)N(Cc1ccc(C)cc1)C(=O)CN(c1ccccc1OCC)S(C)(=O)=O. The number of para-hydroxylation sites is 2. The predicted molar refractivity (Wildman–Crippen MR) is 144 cm³/mol. The fraction of sp³-hybridized carbons (Fsp3) is 0.481. The second kappa shape index (κ2) is 13.9. The van der Waals surface area contributed by atoms with Gasteiger partial charge in [-0.15, -0.1) is 0 Å². The summed E-state index contributed by atoms with van der Waals surface area (Å²) in [5.74, 6) is -0.343. The summed E-state index contributed by atoms with van der Waals surface area (Å²) in [4.78, 5) is 28.3. The molecule has 0 heterocycles. The molecule has 2 rings (SSSR count). The lowest BCUT2D eigenvalue weighted by Crippen LogP contribution is -2.52. The van der Waals surface area contributed by atoms with Gasteiger partial charge >= 0.3 is 0 Å². The number of benzene rings is 2. The molecule has 0 fully saturated rings. The van der Waals surface area contributed by atoms with Gasteiger partial charge in [-0.1, -0.05) is 62.2 Å². The minimum Gasteiger partial charge on any atom is -0.492 e. The van der Waals surface area contributed by atoms with E-state index >= 15 is 0 Å². The number of amides is 2. The summed E-state index contributed by atoms with van der Waals surface area (Å²) < 4.78 is 32.3. The van der Waals surface area contributed by atoms with Crippen molar-refractivity contribution in [2.24, 2.45) is 0 Å². The number of anilines is 1. The fourth-order valence-corrected chi connectivity index (χ4v) is 4.70. The summed E-state index contributed by atoms with van der Waals surface area (Å²) in [7, 11) is -3.83. The van der Waals surface area contributed by atoms with E-state index in [0.717, 1.165) is 34.5 Å². The maximum atomic E-state index is 13.7. The summed E-state index contributed by atoms with van der Waals surface area (Å²) in [5, 5.41) is 2.92. The van der Waals surface area contributed by atoms with E-state index in [2.05, 4.69) is 5.32 Å². The van der Waals surface area contributed by atoms with Crippen LogP contribution in [0.5, 0.6) is 5.75 Å². The van der Waals surface area contributed by atoms with Crippen molar-refractivity contribution in [3.63, 3.8) is 0 Å². The molecule has 1 atom stereocenters. The largest absolute Gasteiger partial charge is 0.492 e. The molecule has 2 amide bonds. The zero-order chi connectivity index (χ0) is 26.7. The lowest BCUT2D eigenvalue weighted by atomic mass is 10.1. The first-order valence-corrected chi connectivity index (χ1v) is 14.3. The van der Waals surface area contributed by atoms with E-state index in [1.807, 2.05) is 45.0 Å². The van der Waals surface area contributed by atoms with Crippen LogP contribution in [-0.4, -0.2) is 57.1 Å². The number of hydrogen-bond acceptors (Lipinski definition) is 5. The Kier molecular flexibility index (Phi) is 11.2. The summed E-state index contributed by atoms with van der Waals surface area (Å²) in [5.41, 5.74) is 2.22. The smallest absolute Gasteiger partial charge is 0.244 e. The van der Waals surface area contributed by atoms with Crippen molar-refractivity contribution in [1.29, 1.82) is 0 Å². The first-order valence-electron chi connectivity index (χ1n) is 12.4. The third-order valence-corrected chi connectivity index (χ3v) is 6.93. The van der Waals surface area contributed by atoms with Crippen LogP contribution in [0.3, 0.4) is 0 Å². The van der Waals surface area contributed by atoms with Crippen LogP contribution >= 0.6 is 0 Å². The molecule has 1 unspecified atom stereocenters. The highest BCUT2D eigenvalue weighted by atomic mass is 32.2. The Hall–Kier alpha value is -3.07. The van der Waals surface area contributed by atoms with Gasteiger partial charge in [-0.2, -0.15) is 0 Å². The van der Waals surface area contributed by atoms with Crippen molar-refractivity contribution in [1.82, 2.24) is 10.2 Å². The molecule has 8 nitrogen and oxygen atoms in total. The van der Waals surface area contributed by atoms with Crippen molar-refractivity contribution in [2.45, 2.75) is 59.5 Å². The molecule has 0 aliphatic heterocycles. The Bertz CT molecular complexity index is 1100. The summed E-state index contributed by atoms with van der Waals surface area (Å²) >= 11 is 0. The van der Waals surface area contributed by atoms with Crippen molar-refractivity contribution in [3.05, 3.63) is 59.7 Å². The predicted octanol–water partition coefficient (Wildman–Crippen LogP) is 3.88. The Labute approximate surface area is 215 Å². The van der Waals surface area contributed by atoms with Gasteiger partial charge in [0.15, 0.2) is 0 Å². The molecule has 0 saturated heterocycles. The number of hydrogen-bond donors (Lipinski definition) is 1. The molecule has 1 N–H and O–H groups in total. The Morgan fingerprint density at radius 2 is 1.69 bits per heavy atom. The molecule has 0 radical (unpaired) electrons. The van der Waals surface area contributed by atoms with E-state index < -0.39 is 28.5 Å². The first kappa shape index (κ1) is 29.2. The van der Waals surface area contributed by atoms with Crippen LogP contribution < -0.4 is 14.4 Å². The average Bonchev–Trinajstić information content (AvgIpc) is 2.83. The molecule has 0 bridgehead atoms. The molecule has 36 heavy (non-hydrogen) atoms. The zero-order valence-electron chi connectivity index (χ0n) is 22.0. The van der Waals surface area contributed by atoms with Gasteiger partial charge < -0.3 is 15.0 Å². The molecule has 2 aromatic carbocycles. The van der Waals surface area contributed by atoms with Gasteiger partial charge in [0.05, 0.1) is 18.6 Å². The van der Waals surface area contributed by atoms with Crippen LogP contribution in [0.4, 0.5) is 5.69 Å². The van der Waals surface area contributed by atoms with Crippen LogP contribution in [0, 0.1) is 6.92 Å². The highest BCUT2D eigenvalue weighted by Gasteiger charge is 2.32. The lowest BCUT2D eigenvalue weighted by molar-refractivity contribution is -0.140. The average molecular weight is 518 g/mol. The third-order valence-electron chi connectivity index (χ3n) is 5.80. The standard InChI is InChI=1S/C27H39N3O5S/c1-6-9-18-28-27(32)23(7-2)29(19-22-16-14-21(4)15-17-22)26(31)20-30(36(5,33)34)24-12-10-11-13-25(24)35-8-3/h10-17,23H,6-9,18-20H2,1-5H3,(H,28,32). The molecule has 2 aromatic rings. The monoisotopic (exact) mass is 517 g/mol. The highest BCUT2D eigenvalue weighted by molar-refractivity contribution is 7.92. The molecule has 0 saturated carbocycles. The van der Waals surface area contributed by atoms with Crippen molar-refractivity contribution in [2.75, 3.05) is 30.3 Å². The molecular formula is C27H39N3O5S. The molecule has 0 spiro atoms. The normalized spacial score (nSPS) is 12.0. The lowest BCUT2D eigenvalue weighted by Gasteiger charge is -2.33. The van der Waals surface area contributed by atoms with E-state index in [1.165, 1.54) is 4.90 Å². The maximum absolute atomic E-state index is 13.7. The summed E-state index contributed by atoms with van der Waals surface area (Å²) in [6, 6.07) is 13.7. The van der Waals surface area contributed by atoms with Gasteiger partial charge in [-0.05, 0) is 44.4 Å². The van der Waals surface area contributed by atoms with Crippen molar-refractivity contribution < 1.29 is 22.7 Å². The number of ether oxygens (including phenoxy) is 1. The van der Waals surface area contributed by atoms with Gasteiger partial charge in [-0.3, -0.25) is 13.9 Å². The van der Waals surface area contributed by atoms with Crippen LogP contribution in [0.2, 0.25) is 0 Å². The Balaban J connectivity index is 2.44. The minimum absolute atomic E-state index is 0.184. The Morgan fingerprint density at radius 3 is 2.28 bits per heavy atom. The Morgan fingerprint density at radius 1 is 1.03 bits per heavy atom. The minimum atomic E-state index is -3.83. The number of rotatable bonds is 14. The number of sulfonamides is 1. The number of carbonyl (C=O) groups excluding carboxylic acids is 2. The number of carbonyl (C=O) groups is 2. The van der Waals surface area contributed by atoms with Crippen LogP contribution in [0.15, 0.2) is 48.5 Å². The van der Waals surface area contributed by atoms with E-state index in [-0.39, 0.29) is 18.1 Å². The molecule has 9 heteroatoms. The van der Waals surface area contributed by atoms with Gasteiger partial charge in [0.1, 0.15) is 18.3 Å². The molecule has 0 aliphatic carbocycles. The van der Waals surface area contributed by atoms with Gasteiger partial charge in [0.2, 0.25) is 21.8 Å². The van der Waals surface area contributed by atoms with Crippen LogP contribution in [0.25, 0.3) is 0 Å². The van der Waals surface area contributed by atoms with Gasteiger partial charge in [0.25, 0.3) is 0 Å². The third kappa shape index (κ3) is 8.26. The number of unbranched alkanes of at least 4 members (excludes halogenated alkanes) is 1. The van der Waals surface area contributed by atoms with Crippen molar-refractivity contribution in [3.8, 4) is 5.75 Å². The number of nitrogens with zero attached hydrogens (tertiary/aromatic N) is 2. The summed E-state index contributed by atoms with van der Waals surface area (Å²) in [6.45, 7) is 8.26. The second-order valence-electron chi connectivity index (χ2n) is 8.75. The van der Waals surface area contributed by atoms with Gasteiger partial charge in [0, 0.05) is 13.1 Å². The van der Waals surface area contributed by atoms with Crippen LogP contribution in [-0.2, 0) is 26.2 Å². The number of aryl methyl sites for hydroxylation is 1. The van der Waals surface area contributed by atoms with Crippen LogP contribution in [0.1, 0.15) is 51.2 Å². The number of nitrogens with one attached hydrogen (secondary N) is 1. The van der Waals surface area contributed by atoms with E-state index in [1.54, 1.807) is 31.2 Å². The second-order valence-corrected chi connectivity index (χ2v) is 10.7. The summed E-state index contributed by atoms with van der Waals surface area (Å²) in [6.07, 6.45) is 3.22. The van der Waals surface area contributed by atoms with E-state index in [0.29, 0.717) is 25.3 Å². The molecule has 0 aliphatic rings. The maximum Gasteiger partial charge on any atom is 0.244 e. The highest BCUT2D eigenvalue weighted by Crippen LogP contribution is 2.30. The van der Waals surface area contributed by atoms with Gasteiger partial charge in [-0.25, -0.2) is 8.42 Å². The molecule has 198 valence electrons. The van der Waals surface area contributed by atoms with Crippen molar-refractivity contribution >= 4 is 27.5 Å². The molecular weight excluding hydrogens is 478 g/mol. The zero-order valence-corrected chi connectivity index (χ0v) is 22.8. The topological polar surface area (TPSA) is 96.0 Å².